The molecule has 0 radical (unpaired) electrons. The SMILES string of the molecule is CC(C)NCc1csc2cc(F)ccc12. The first-order valence-electron chi connectivity index (χ1n) is 5.06. The Balaban J connectivity index is 2.29. The Morgan fingerprint density at radius 2 is 2.20 bits per heavy atom. The highest BCUT2D eigenvalue weighted by atomic mass is 32.1. The minimum atomic E-state index is -0.160. The molecule has 15 heavy (non-hydrogen) atoms. The van der Waals surface area contributed by atoms with Crippen molar-refractivity contribution in [1.82, 2.24) is 5.32 Å². The molecule has 3 heteroatoms. The molecule has 0 atom stereocenters. The maximum Gasteiger partial charge on any atom is 0.124 e. The Bertz CT molecular complexity index is 462. The summed E-state index contributed by atoms with van der Waals surface area (Å²) in [7, 11) is 0. The van der Waals surface area contributed by atoms with Gasteiger partial charge < -0.3 is 5.32 Å². The Hall–Kier alpha value is -0.930. The number of nitrogens with one attached hydrogen (secondary N) is 1. The normalized spacial score (nSPS) is 11.5. The minimum absolute atomic E-state index is 0.160. The first kappa shape index (κ1) is 10.6. The quantitative estimate of drug-likeness (QED) is 0.839. The van der Waals surface area contributed by atoms with Gasteiger partial charge in [0.2, 0.25) is 0 Å². The second-order valence-electron chi connectivity index (χ2n) is 3.94. The molecule has 1 heterocycles. The molecule has 0 amide bonds. The molecule has 1 aromatic heterocycles. The summed E-state index contributed by atoms with van der Waals surface area (Å²) >= 11 is 1.60. The van der Waals surface area contributed by atoms with Crippen LogP contribution in [0.4, 0.5) is 4.39 Å². The molecule has 0 aliphatic heterocycles. The third kappa shape index (κ3) is 2.36. The predicted molar refractivity (Wildman–Crippen MR) is 63.8 cm³/mol. The van der Waals surface area contributed by atoms with Crippen LogP contribution in [0.3, 0.4) is 0 Å². The van der Waals surface area contributed by atoms with Crippen molar-refractivity contribution >= 4 is 21.4 Å². The van der Waals surface area contributed by atoms with Crippen LogP contribution in [0.5, 0.6) is 0 Å². The van der Waals surface area contributed by atoms with Crippen LogP contribution in [-0.2, 0) is 6.54 Å². The maximum atomic E-state index is 13.0. The average molecular weight is 223 g/mol. The molecular formula is C12H14FNS. The molecule has 80 valence electrons. The van der Waals surface area contributed by atoms with Crippen LogP contribution in [-0.4, -0.2) is 6.04 Å². The summed E-state index contributed by atoms with van der Waals surface area (Å²) < 4.78 is 14.0. The molecule has 0 fully saturated rings. The lowest BCUT2D eigenvalue weighted by molar-refractivity contribution is 0.591. The first-order chi connectivity index (χ1) is 7.16. The standard InChI is InChI=1S/C12H14FNS/c1-8(2)14-6-9-7-15-12-5-10(13)3-4-11(9)12/h3-5,7-8,14H,6H2,1-2H3. The monoisotopic (exact) mass is 223 g/mol. The largest absolute Gasteiger partial charge is 0.310 e. The van der Waals surface area contributed by atoms with Gasteiger partial charge in [0, 0.05) is 17.3 Å². The number of halogens is 1. The van der Waals surface area contributed by atoms with Crippen LogP contribution in [0.2, 0.25) is 0 Å². The molecule has 0 aliphatic rings. The van der Waals surface area contributed by atoms with Gasteiger partial charge in [-0.25, -0.2) is 4.39 Å². The van der Waals surface area contributed by atoms with Crippen LogP contribution in [0.25, 0.3) is 10.1 Å². The zero-order valence-corrected chi connectivity index (χ0v) is 9.70. The fourth-order valence-corrected chi connectivity index (χ4v) is 2.49. The number of hydrogen-bond acceptors (Lipinski definition) is 2. The van der Waals surface area contributed by atoms with Gasteiger partial charge in [-0.3, -0.25) is 0 Å². The first-order valence-corrected chi connectivity index (χ1v) is 5.94. The van der Waals surface area contributed by atoms with E-state index >= 15 is 0 Å². The van der Waals surface area contributed by atoms with E-state index < -0.39 is 0 Å². The zero-order chi connectivity index (χ0) is 10.8. The van der Waals surface area contributed by atoms with Gasteiger partial charge in [0.1, 0.15) is 5.82 Å². The van der Waals surface area contributed by atoms with E-state index in [1.807, 2.05) is 6.07 Å². The summed E-state index contributed by atoms with van der Waals surface area (Å²) in [5.41, 5.74) is 1.25. The molecule has 0 saturated heterocycles. The van der Waals surface area contributed by atoms with Gasteiger partial charge in [0.05, 0.1) is 0 Å². The van der Waals surface area contributed by atoms with Crippen molar-refractivity contribution < 1.29 is 4.39 Å². The maximum absolute atomic E-state index is 13.0. The van der Waals surface area contributed by atoms with Gasteiger partial charge in [-0.05, 0) is 28.5 Å². The average Bonchev–Trinajstić information content (AvgIpc) is 2.57. The van der Waals surface area contributed by atoms with Crippen LogP contribution in [0.1, 0.15) is 19.4 Å². The molecule has 0 saturated carbocycles. The predicted octanol–water partition coefficient (Wildman–Crippen LogP) is 3.54. The van der Waals surface area contributed by atoms with Crippen molar-refractivity contribution in [2.45, 2.75) is 26.4 Å². The third-order valence-electron chi connectivity index (χ3n) is 2.32. The smallest absolute Gasteiger partial charge is 0.124 e. The molecule has 1 nitrogen and oxygen atoms in total. The van der Waals surface area contributed by atoms with E-state index in [0.717, 1.165) is 16.6 Å². The van der Waals surface area contributed by atoms with Gasteiger partial charge in [-0.15, -0.1) is 11.3 Å². The van der Waals surface area contributed by atoms with Gasteiger partial charge in [0.25, 0.3) is 0 Å². The van der Waals surface area contributed by atoms with Crippen LogP contribution in [0.15, 0.2) is 23.6 Å². The summed E-state index contributed by atoms with van der Waals surface area (Å²) in [5, 5.41) is 6.63. The number of fused-ring (bicyclic) bond motifs is 1. The fraction of sp³-hybridized carbons (Fsp3) is 0.333. The van der Waals surface area contributed by atoms with Gasteiger partial charge >= 0.3 is 0 Å². The summed E-state index contributed by atoms with van der Waals surface area (Å²) in [5.74, 6) is -0.160. The zero-order valence-electron chi connectivity index (χ0n) is 8.88. The van der Waals surface area contributed by atoms with Gasteiger partial charge in [-0.2, -0.15) is 0 Å². The number of thiophene rings is 1. The van der Waals surface area contributed by atoms with Gasteiger partial charge in [-0.1, -0.05) is 19.9 Å². The topological polar surface area (TPSA) is 12.0 Å². The molecule has 1 N–H and O–H groups in total. The molecule has 1 aromatic carbocycles. The highest BCUT2D eigenvalue weighted by Crippen LogP contribution is 2.26. The van der Waals surface area contributed by atoms with Crippen LogP contribution < -0.4 is 5.32 Å². The van der Waals surface area contributed by atoms with E-state index in [1.165, 1.54) is 11.6 Å². The second kappa shape index (κ2) is 4.29. The Labute approximate surface area is 92.9 Å². The van der Waals surface area contributed by atoms with E-state index in [9.17, 15) is 4.39 Å². The van der Waals surface area contributed by atoms with Crippen LogP contribution >= 0.6 is 11.3 Å². The Kier molecular flexibility index (Phi) is 3.03. The van der Waals surface area contributed by atoms with Gasteiger partial charge in [0.15, 0.2) is 0 Å². The second-order valence-corrected chi connectivity index (χ2v) is 4.85. The summed E-state index contributed by atoms with van der Waals surface area (Å²) in [4.78, 5) is 0. The van der Waals surface area contributed by atoms with Crippen molar-refractivity contribution in [1.29, 1.82) is 0 Å². The summed E-state index contributed by atoms with van der Waals surface area (Å²) in [6.07, 6.45) is 0. The third-order valence-corrected chi connectivity index (χ3v) is 3.31. The molecule has 2 rings (SSSR count). The number of hydrogen-bond donors (Lipinski definition) is 1. The number of rotatable bonds is 3. The molecule has 0 spiro atoms. The summed E-state index contributed by atoms with van der Waals surface area (Å²) in [6.45, 7) is 5.09. The lowest BCUT2D eigenvalue weighted by Gasteiger charge is -2.06. The number of benzene rings is 1. The highest BCUT2D eigenvalue weighted by Gasteiger charge is 2.05. The lowest BCUT2D eigenvalue weighted by Crippen LogP contribution is -2.21. The highest BCUT2D eigenvalue weighted by molar-refractivity contribution is 7.17. The fourth-order valence-electron chi connectivity index (χ4n) is 1.51. The van der Waals surface area contributed by atoms with Crippen molar-refractivity contribution in [2.75, 3.05) is 0 Å². The van der Waals surface area contributed by atoms with E-state index in [1.54, 1.807) is 17.4 Å². The van der Waals surface area contributed by atoms with Crippen molar-refractivity contribution in [3.63, 3.8) is 0 Å². The lowest BCUT2D eigenvalue weighted by atomic mass is 10.1. The van der Waals surface area contributed by atoms with E-state index in [2.05, 4.69) is 24.5 Å². The van der Waals surface area contributed by atoms with E-state index in [4.69, 9.17) is 0 Å². The summed E-state index contributed by atoms with van der Waals surface area (Å²) in [6, 6.07) is 5.45. The van der Waals surface area contributed by atoms with Crippen LogP contribution in [0, 0.1) is 5.82 Å². The minimum Gasteiger partial charge on any atom is -0.310 e. The van der Waals surface area contributed by atoms with Crippen molar-refractivity contribution in [2.24, 2.45) is 0 Å². The van der Waals surface area contributed by atoms with Crippen molar-refractivity contribution in [3.05, 3.63) is 35.0 Å². The van der Waals surface area contributed by atoms with E-state index in [-0.39, 0.29) is 5.82 Å². The Morgan fingerprint density at radius 1 is 1.40 bits per heavy atom. The molecule has 0 unspecified atom stereocenters. The molecule has 2 aromatic rings. The molecular weight excluding hydrogens is 209 g/mol. The van der Waals surface area contributed by atoms with Crippen molar-refractivity contribution in [3.8, 4) is 0 Å². The Morgan fingerprint density at radius 3 is 2.93 bits per heavy atom. The molecule has 0 bridgehead atoms. The van der Waals surface area contributed by atoms with E-state index in [0.29, 0.717) is 6.04 Å². The molecule has 0 aliphatic carbocycles.